The predicted octanol–water partition coefficient (Wildman–Crippen LogP) is 2.55. The molecule has 2 atom stereocenters. The first-order valence-corrected chi connectivity index (χ1v) is 6.73. The Morgan fingerprint density at radius 1 is 1.05 bits per heavy atom. The highest BCUT2D eigenvalue weighted by atomic mass is 16.5. The molecule has 4 nitrogen and oxygen atoms in total. The molecule has 1 aliphatic rings. The molecule has 0 aliphatic heterocycles. The maximum absolute atomic E-state index is 5.76. The summed E-state index contributed by atoms with van der Waals surface area (Å²) in [5.41, 5.74) is 7.02. The summed E-state index contributed by atoms with van der Waals surface area (Å²) in [5.74, 6) is 3.30. The number of hydrogen-bond donors (Lipinski definition) is 1. The van der Waals surface area contributed by atoms with Crippen molar-refractivity contribution in [2.24, 2.45) is 11.7 Å². The van der Waals surface area contributed by atoms with Crippen LogP contribution in [0.5, 0.6) is 17.2 Å². The highest BCUT2D eigenvalue weighted by molar-refractivity contribution is 5.54. The van der Waals surface area contributed by atoms with Crippen LogP contribution in [0.25, 0.3) is 0 Å². The second kappa shape index (κ2) is 6.15. The minimum Gasteiger partial charge on any atom is -0.493 e. The summed E-state index contributed by atoms with van der Waals surface area (Å²) in [5, 5.41) is 0. The topological polar surface area (TPSA) is 53.7 Å². The lowest BCUT2D eigenvalue weighted by Crippen LogP contribution is -2.10. The molecule has 106 valence electrons. The minimum absolute atomic E-state index is 0.544. The van der Waals surface area contributed by atoms with Gasteiger partial charge in [-0.2, -0.15) is 0 Å². The zero-order valence-electron chi connectivity index (χ0n) is 11.9. The van der Waals surface area contributed by atoms with Crippen LogP contribution in [-0.4, -0.2) is 27.9 Å². The molecule has 1 aliphatic carbocycles. The van der Waals surface area contributed by atoms with Crippen molar-refractivity contribution in [3.05, 3.63) is 17.7 Å². The molecule has 2 unspecified atom stereocenters. The van der Waals surface area contributed by atoms with E-state index in [2.05, 4.69) is 12.1 Å². The lowest BCUT2D eigenvalue weighted by atomic mass is 9.95. The second-order valence-corrected chi connectivity index (χ2v) is 5.07. The van der Waals surface area contributed by atoms with Gasteiger partial charge < -0.3 is 19.9 Å². The van der Waals surface area contributed by atoms with Crippen LogP contribution >= 0.6 is 0 Å². The van der Waals surface area contributed by atoms with E-state index in [1.54, 1.807) is 21.3 Å². The van der Waals surface area contributed by atoms with Gasteiger partial charge in [0.15, 0.2) is 11.5 Å². The third kappa shape index (κ3) is 2.78. The standard InChI is InChI=1S/C15H23NO3/c1-17-13-7-12(8-14(18-2)15(13)19-3)11-5-4-10(6-11)9-16/h7-8,10-11H,4-6,9,16H2,1-3H3. The van der Waals surface area contributed by atoms with Gasteiger partial charge in [0.2, 0.25) is 5.75 Å². The first kappa shape index (κ1) is 14.0. The third-order valence-corrected chi connectivity index (χ3v) is 4.03. The average molecular weight is 265 g/mol. The van der Waals surface area contributed by atoms with E-state index in [0.29, 0.717) is 17.6 Å². The Balaban J connectivity index is 2.31. The molecular weight excluding hydrogens is 242 g/mol. The summed E-state index contributed by atoms with van der Waals surface area (Å²) in [7, 11) is 4.93. The number of rotatable bonds is 5. The maximum atomic E-state index is 5.76. The molecule has 0 radical (unpaired) electrons. The molecule has 1 aromatic rings. The number of hydrogen-bond acceptors (Lipinski definition) is 4. The Bertz CT molecular complexity index is 408. The number of benzene rings is 1. The van der Waals surface area contributed by atoms with Gasteiger partial charge in [0.25, 0.3) is 0 Å². The maximum Gasteiger partial charge on any atom is 0.203 e. The van der Waals surface area contributed by atoms with E-state index >= 15 is 0 Å². The molecule has 1 aromatic carbocycles. The van der Waals surface area contributed by atoms with Crippen molar-refractivity contribution in [1.29, 1.82) is 0 Å². The largest absolute Gasteiger partial charge is 0.493 e. The van der Waals surface area contributed by atoms with Crippen molar-refractivity contribution in [3.8, 4) is 17.2 Å². The van der Waals surface area contributed by atoms with Gasteiger partial charge in [0, 0.05) is 0 Å². The molecule has 0 heterocycles. The van der Waals surface area contributed by atoms with Gasteiger partial charge in [-0.1, -0.05) is 0 Å². The lowest BCUT2D eigenvalue weighted by molar-refractivity contribution is 0.323. The van der Waals surface area contributed by atoms with Crippen LogP contribution in [0.2, 0.25) is 0 Å². The Hall–Kier alpha value is -1.42. The minimum atomic E-state index is 0.544. The van der Waals surface area contributed by atoms with E-state index in [4.69, 9.17) is 19.9 Å². The summed E-state index contributed by atoms with van der Waals surface area (Å²) in [4.78, 5) is 0. The van der Waals surface area contributed by atoms with Crippen LogP contribution in [0.1, 0.15) is 30.7 Å². The number of methoxy groups -OCH3 is 3. The van der Waals surface area contributed by atoms with E-state index in [1.165, 1.54) is 18.4 Å². The van der Waals surface area contributed by atoms with Crippen LogP contribution in [0.3, 0.4) is 0 Å². The highest BCUT2D eigenvalue weighted by Gasteiger charge is 2.26. The first-order chi connectivity index (χ1) is 9.23. The summed E-state index contributed by atoms with van der Waals surface area (Å²) >= 11 is 0. The Morgan fingerprint density at radius 3 is 2.11 bits per heavy atom. The molecule has 0 saturated heterocycles. The fourth-order valence-corrected chi connectivity index (χ4v) is 2.93. The highest BCUT2D eigenvalue weighted by Crippen LogP contribution is 2.44. The van der Waals surface area contributed by atoms with Crippen LogP contribution < -0.4 is 19.9 Å². The lowest BCUT2D eigenvalue weighted by Gasteiger charge is -2.17. The van der Waals surface area contributed by atoms with Gasteiger partial charge in [-0.3, -0.25) is 0 Å². The molecule has 0 amide bonds. The zero-order valence-corrected chi connectivity index (χ0v) is 11.9. The van der Waals surface area contributed by atoms with E-state index in [1.807, 2.05) is 0 Å². The molecule has 4 heteroatoms. The first-order valence-electron chi connectivity index (χ1n) is 6.73. The summed E-state index contributed by atoms with van der Waals surface area (Å²) in [6, 6.07) is 4.12. The zero-order chi connectivity index (χ0) is 13.8. The Kier molecular flexibility index (Phi) is 4.53. The number of ether oxygens (including phenoxy) is 3. The van der Waals surface area contributed by atoms with Crippen LogP contribution in [0.4, 0.5) is 0 Å². The molecule has 2 N–H and O–H groups in total. The second-order valence-electron chi connectivity index (χ2n) is 5.07. The van der Waals surface area contributed by atoms with Crippen molar-refractivity contribution in [2.75, 3.05) is 27.9 Å². The van der Waals surface area contributed by atoms with Crippen molar-refractivity contribution >= 4 is 0 Å². The molecule has 2 rings (SSSR count). The van der Waals surface area contributed by atoms with Crippen LogP contribution in [-0.2, 0) is 0 Å². The SMILES string of the molecule is COc1cc(C2CCC(CN)C2)cc(OC)c1OC. The fourth-order valence-electron chi connectivity index (χ4n) is 2.93. The Labute approximate surface area is 114 Å². The molecule has 0 bridgehead atoms. The van der Waals surface area contributed by atoms with Gasteiger partial charge in [-0.05, 0) is 55.3 Å². The van der Waals surface area contributed by atoms with Crippen molar-refractivity contribution in [2.45, 2.75) is 25.2 Å². The smallest absolute Gasteiger partial charge is 0.203 e. The van der Waals surface area contributed by atoms with Crippen molar-refractivity contribution in [3.63, 3.8) is 0 Å². The van der Waals surface area contributed by atoms with E-state index in [-0.39, 0.29) is 0 Å². The number of nitrogens with two attached hydrogens (primary N) is 1. The van der Waals surface area contributed by atoms with E-state index < -0.39 is 0 Å². The van der Waals surface area contributed by atoms with Crippen LogP contribution in [0.15, 0.2) is 12.1 Å². The molecule has 19 heavy (non-hydrogen) atoms. The van der Waals surface area contributed by atoms with Gasteiger partial charge in [-0.15, -0.1) is 0 Å². The van der Waals surface area contributed by atoms with Gasteiger partial charge >= 0.3 is 0 Å². The molecule has 0 aromatic heterocycles. The van der Waals surface area contributed by atoms with Gasteiger partial charge in [-0.25, -0.2) is 0 Å². The monoisotopic (exact) mass is 265 g/mol. The third-order valence-electron chi connectivity index (χ3n) is 4.03. The molecular formula is C15H23NO3. The van der Waals surface area contributed by atoms with Gasteiger partial charge in [0.05, 0.1) is 21.3 Å². The predicted molar refractivity (Wildman–Crippen MR) is 75.2 cm³/mol. The fraction of sp³-hybridized carbons (Fsp3) is 0.600. The van der Waals surface area contributed by atoms with Crippen LogP contribution in [0, 0.1) is 5.92 Å². The Morgan fingerprint density at radius 2 is 1.68 bits per heavy atom. The average Bonchev–Trinajstić information content (AvgIpc) is 2.94. The summed E-state index contributed by atoms with van der Waals surface area (Å²) in [6.45, 7) is 0.779. The van der Waals surface area contributed by atoms with E-state index in [0.717, 1.165) is 24.5 Å². The van der Waals surface area contributed by atoms with Crippen molar-refractivity contribution in [1.82, 2.24) is 0 Å². The normalized spacial score (nSPS) is 22.3. The summed E-state index contributed by atoms with van der Waals surface area (Å²) in [6.07, 6.45) is 3.54. The van der Waals surface area contributed by atoms with Gasteiger partial charge in [0.1, 0.15) is 0 Å². The molecule has 1 saturated carbocycles. The summed E-state index contributed by atoms with van der Waals surface area (Å²) < 4.78 is 16.2. The van der Waals surface area contributed by atoms with E-state index in [9.17, 15) is 0 Å². The van der Waals surface area contributed by atoms with Crippen molar-refractivity contribution < 1.29 is 14.2 Å². The quantitative estimate of drug-likeness (QED) is 0.889. The molecule has 0 spiro atoms. The molecule has 1 fully saturated rings.